The summed E-state index contributed by atoms with van der Waals surface area (Å²) in [4.78, 5) is 4.59. The molecule has 0 aliphatic rings. The van der Waals surface area contributed by atoms with E-state index in [4.69, 9.17) is 14.2 Å². The Labute approximate surface area is 191 Å². The maximum atomic E-state index is 11.1. The highest BCUT2D eigenvalue weighted by atomic mass is 127. The smallest absolute Gasteiger partial charge is 0.191 e. The summed E-state index contributed by atoms with van der Waals surface area (Å²) in [7, 11) is -1.36. The van der Waals surface area contributed by atoms with Crippen molar-refractivity contribution in [1.82, 2.24) is 10.6 Å². The van der Waals surface area contributed by atoms with Gasteiger partial charge in [0.1, 0.15) is 15.6 Å². The van der Waals surface area contributed by atoms with Crippen LogP contribution in [0.4, 0.5) is 0 Å². The van der Waals surface area contributed by atoms with Crippen LogP contribution in [0.25, 0.3) is 0 Å². The van der Waals surface area contributed by atoms with Crippen molar-refractivity contribution < 1.29 is 22.6 Å². The molecule has 0 atom stereocenters. The van der Waals surface area contributed by atoms with Crippen molar-refractivity contribution in [1.29, 1.82) is 0 Å². The van der Waals surface area contributed by atoms with Crippen LogP contribution in [0.15, 0.2) is 29.3 Å². The molecule has 8 nitrogen and oxygen atoms in total. The minimum Gasteiger partial charge on any atom is -0.497 e. The molecule has 0 fully saturated rings. The van der Waals surface area contributed by atoms with Crippen LogP contribution in [-0.4, -0.2) is 73.0 Å². The summed E-state index contributed by atoms with van der Waals surface area (Å²) in [6.45, 7) is 5.77. The second-order valence-corrected chi connectivity index (χ2v) is 8.42. The fourth-order valence-corrected chi connectivity index (χ4v) is 2.58. The number of nitrogens with zero attached hydrogens (tertiary/aromatic N) is 1. The molecule has 0 aromatic heterocycles. The van der Waals surface area contributed by atoms with Crippen molar-refractivity contribution in [2.24, 2.45) is 4.99 Å². The van der Waals surface area contributed by atoms with Gasteiger partial charge in [-0.3, -0.25) is 0 Å². The van der Waals surface area contributed by atoms with E-state index < -0.39 is 9.84 Å². The van der Waals surface area contributed by atoms with E-state index in [-0.39, 0.29) is 36.3 Å². The first-order valence-electron chi connectivity index (χ1n) is 9.43. The van der Waals surface area contributed by atoms with Crippen LogP contribution in [0, 0.1) is 0 Å². The molecule has 0 radical (unpaired) electrons. The van der Waals surface area contributed by atoms with Crippen LogP contribution in [0.2, 0.25) is 0 Å². The lowest BCUT2D eigenvalue weighted by Crippen LogP contribution is -2.40. The van der Waals surface area contributed by atoms with Gasteiger partial charge in [0.15, 0.2) is 5.96 Å². The lowest BCUT2D eigenvalue weighted by molar-refractivity contribution is 0.145. The fraction of sp³-hybridized carbons (Fsp3) is 0.632. The third-order valence-electron chi connectivity index (χ3n) is 3.68. The summed E-state index contributed by atoms with van der Waals surface area (Å²) in [5.41, 5.74) is 1.07. The molecule has 2 N–H and O–H groups in total. The topological polar surface area (TPSA) is 98.2 Å². The highest BCUT2D eigenvalue weighted by Gasteiger charge is 2.02. The van der Waals surface area contributed by atoms with Crippen molar-refractivity contribution in [2.45, 2.75) is 19.9 Å². The molecule has 0 amide bonds. The van der Waals surface area contributed by atoms with Crippen LogP contribution in [-0.2, 0) is 25.9 Å². The summed E-state index contributed by atoms with van der Waals surface area (Å²) in [6.07, 6.45) is 2.08. The molecule has 1 rings (SSSR count). The lowest BCUT2D eigenvalue weighted by atomic mass is 10.2. The molecular formula is C19H34IN3O5S. The molecular weight excluding hydrogens is 509 g/mol. The van der Waals surface area contributed by atoms with E-state index >= 15 is 0 Å². The zero-order valence-corrected chi connectivity index (χ0v) is 20.6. The highest BCUT2D eigenvalue weighted by Crippen LogP contribution is 2.11. The molecule has 0 unspecified atom stereocenters. The van der Waals surface area contributed by atoms with E-state index in [1.54, 1.807) is 7.11 Å². The SMILES string of the molecule is CCOCCCNC(=NCc1ccc(OC)cc1)NCCOCCS(C)(=O)=O.I. The molecule has 0 bridgehead atoms. The first kappa shape index (κ1) is 27.9. The maximum absolute atomic E-state index is 11.1. The van der Waals surface area contributed by atoms with Gasteiger partial charge in [-0.15, -0.1) is 24.0 Å². The van der Waals surface area contributed by atoms with E-state index in [1.165, 1.54) is 6.26 Å². The van der Waals surface area contributed by atoms with E-state index in [9.17, 15) is 8.42 Å². The van der Waals surface area contributed by atoms with E-state index in [1.807, 2.05) is 31.2 Å². The second kappa shape index (κ2) is 16.7. The third-order valence-corrected chi connectivity index (χ3v) is 4.59. The van der Waals surface area contributed by atoms with Crippen molar-refractivity contribution in [3.05, 3.63) is 29.8 Å². The normalized spacial score (nSPS) is 11.6. The van der Waals surface area contributed by atoms with Crippen molar-refractivity contribution in [3.63, 3.8) is 0 Å². The molecule has 168 valence electrons. The first-order chi connectivity index (χ1) is 13.4. The van der Waals surface area contributed by atoms with Gasteiger partial charge in [0.05, 0.1) is 32.6 Å². The molecule has 1 aromatic carbocycles. The Morgan fingerprint density at radius 1 is 1.03 bits per heavy atom. The number of guanidine groups is 1. The van der Waals surface area contributed by atoms with Gasteiger partial charge in [-0.25, -0.2) is 13.4 Å². The van der Waals surface area contributed by atoms with Crippen LogP contribution in [0.1, 0.15) is 18.9 Å². The first-order valence-corrected chi connectivity index (χ1v) is 11.5. The summed E-state index contributed by atoms with van der Waals surface area (Å²) >= 11 is 0. The minimum atomic E-state index is -2.99. The van der Waals surface area contributed by atoms with E-state index in [2.05, 4.69) is 15.6 Å². The predicted octanol–water partition coefficient (Wildman–Crippen LogP) is 1.84. The van der Waals surface area contributed by atoms with Crippen LogP contribution < -0.4 is 15.4 Å². The number of hydrogen-bond donors (Lipinski definition) is 2. The zero-order chi connectivity index (χ0) is 20.7. The zero-order valence-electron chi connectivity index (χ0n) is 17.5. The second-order valence-electron chi connectivity index (χ2n) is 6.16. The molecule has 0 aliphatic carbocycles. The van der Waals surface area contributed by atoms with Gasteiger partial charge in [0, 0.05) is 32.6 Å². The Balaban J connectivity index is 0.00000784. The molecule has 0 spiro atoms. The average molecular weight is 543 g/mol. The number of hydrogen-bond acceptors (Lipinski definition) is 6. The van der Waals surface area contributed by atoms with Crippen LogP contribution >= 0.6 is 24.0 Å². The summed E-state index contributed by atoms with van der Waals surface area (Å²) < 4.78 is 38.0. The monoisotopic (exact) mass is 543 g/mol. The summed E-state index contributed by atoms with van der Waals surface area (Å²) in [5.74, 6) is 1.52. The number of benzene rings is 1. The number of aliphatic imine (C=N–C) groups is 1. The van der Waals surface area contributed by atoms with E-state index in [0.717, 1.165) is 24.3 Å². The van der Waals surface area contributed by atoms with Gasteiger partial charge in [-0.1, -0.05) is 12.1 Å². The predicted molar refractivity (Wildman–Crippen MR) is 127 cm³/mol. The minimum absolute atomic E-state index is 0. The third kappa shape index (κ3) is 15.4. The number of methoxy groups -OCH3 is 1. The Hall–Kier alpha value is -1.11. The quantitative estimate of drug-likeness (QED) is 0.160. The molecule has 0 heterocycles. The number of rotatable bonds is 14. The Morgan fingerprint density at radius 3 is 2.34 bits per heavy atom. The molecule has 0 saturated heterocycles. The van der Waals surface area contributed by atoms with Gasteiger partial charge < -0.3 is 24.8 Å². The van der Waals surface area contributed by atoms with E-state index in [0.29, 0.717) is 38.9 Å². The van der Waals surface area contributed by atoms with Crippen LogP contribution in [0.5, 0.6) is 5.75 Å². The maximum Gasteiger partial charge on any atom is 0.191 e. The summed E-state index contributed by atoms with van der Waals surface area (Å²) in [6, 6.07) is 7.76. The van der Waals surface area contributed by atoms with Crippen LogP contribution in [0.3, 0.4) is 0 Å². The molecule has 0 aliphatic heterocycles. The molecule has 29 heavy (non-hydrogen) atoms. The number of nitrogens with one attached hydrogen (secondary N) is 2. The van der Waals surface area contributed by atoms with Crippen molar-refractivity contribution in [2.75, 3.05) is 58.6 Å². The van der Waals surface area contributed by atoms with Gasteiger partial charge in [-0.2, -0.15) is 0 Å². The van der Waals surface area contributed by atoms with Gasteiger partial charge in [0.2, 0.25) is 0 Å². The number of halogens is 1. The van der Waals surface area contributed by atoms with Crippen molar-refractivity contribution in [3.8, 4) is 5.75 Å². The Kier molecular flexibility index (Phi) is 16.0. The van der Waals surface area contributed by atoms with Crippen molar-refractivity contribution >= 4 is 39.8 Å². The van der Waals surface area contributed by atoms with Gasteiger partial charge in [0.25, 0.3) is 0 Å². The highest BCUT2D eigenvalue weighted by molar-refractivity contribution is 14.0. The Bertz CT molecular complexity index is 669. The molecule has 1 aromatic rings. The standard InChI is InChI=1S/C19H33N3O5S.HI/c1-4-26-12-5-10-20-19(21-11-13-27-14-15-28(3,23)24)22-16-17-6-8-18(25-2)9-7-17;/h6-9H,4-5,10-16H2,1-3H3,(H2,20,21,22);1H. The number of ether oxygens (including phenoxy) is 3. The average Bonchev–Trinajstić information content (AvgIpc) is 2.67. The fourth-order valence-electron chi connectivity index (χ4n) is 2.15. The van der Waals surface area contributed by atoms with Gasteiger partial charge in [-0.05, 0) is 31.0 Å². The summed E-state index contributed by atoms with van der Waals surface area (Å²) in [5, 5.41) is 6.47. The molecule has 10 heteroatoms. The molecule has 0 saturated carbocycles. The van der Waals surface area contributed by atoms with Gasteiger partial charge >= 0.3 is 0 Å². The lowest BCUT2D eigenvalue weighted by Gasteiger charge is -2.13. The number of sulfone groups is 1. The largest absolute Gasteiger partial charge is 0.497 e. The Morgan fingerprint density at radius 2 is 1.72 bits per heavy atom.